The number of nitrogens with zero attached hydrogens (tertiary/aromatic N) is 3. The predicted molar refractivity (Wildman–Crippen MR) is 497 cm³/mol. The third kappa shape index (κ3) is 26.1. The van der Waals surface area contributed by atoms with Crippen molar-refractivity contribution in [3.63, 3.8) is 0 Å². The Balaban J connectivity index is 0.000000157. The molecule has 8 heterocycles. The molecule has 18 rings (SSSR count). The van der Waals surface area contributed by atoms with Crippen LogP contribution in [0.15, 0.2) is 232 Å². The fraction of sp³-hybridized carbons (Fsp3) is 0.303. The molecule has 128 heavy (non-hydrogen) atoms. The molecular weight excluding hydrogens is 1850 g/mol. The summed E-state index contributed by atoms with van der Waals surface area (Å²) in [6.07, 6.45) is 4.20. The first-order valence-electron chi connectivity index (χ1n) is 41.4. The fourth-order valence-electron chi connectivity index (χ4n) is 14.8. The number of hydrogen-bond donors (Lipinski definition) is 4. The zero-order valence-corrected chi connectivity index (χ0v) is 78.1. The van der Waals surface area contributed by atoms with E-state index in [1.165, 1.54) is 28.6 Å². The normalized spacial score (nSPS) is 14.6. The molecule has 1 saturated carbocycles. The molecule has 14 aromatic rings. The van der Waals surface area contributed by atoms with Crippen LogP contribution in [-0.4, -0.2) is 142 Å². The number of hydrogen-bond acceptors (Lipinski definition) is 22. The highest BCUT2D eigenvalue weighted by Gasteiger charge is 2.59. The molecule has 0 spiro atoms. The van der Waals surface area contributed by atoms with Gasteiger partial charge in [-0.05, 0) is 289 Å². The van der Waals surface area contributed by atoms with Crippen LogP contribution >= 0.6 is 47.8 Å². The van der Waals surface area contributed by atoms with Crippen LogP contribution in [0.25, 0.3) is 43.9 Å². The number of pyridine rings is 1. The number of carbonyl (C=O) groups excluding carboxylic acids is 2. The summed E-state index contributed by atoms with van der Waals surface area (Å²) in [7, 11) is 8.11. The second kappa shape index (κ2) is 45.8. The van der Waals surface area contributed by atoms with Crippen molar-refractivity contribution in [3.05, 3.63) is 270 Å². The van der Waals surface area contributed by atoms with Crippen LogP contribution in [-0.2, 0) is 33.4 Å². The summed E-state index contributed by atoms with van der Waals surface area (Å²) < 4.78 is 120. The lowest BCUT2D eigenvalue weighted by molar-refractivity contribution is -0.152. The van der Waals surface area contributed by atoms with E-state index in [0.717, 1.165) is 141 Å². The molecule has 5 aromatic heterocycles. The largest absolute Gasteiger partial charge is 0.508 e. The first kappa shape index (κ1) is 96.9. The highest BCUT2D eigenvalue weighted by atomic mass is 79.9. The number of furan rings is 4. The van der Waals surface area contributed by atoms with Crippen LogP contribution in [0.1, 0.15) is 100.0 Å². The number of aryl methyl sites for hydroxylation is 5. The fourth-order valence-corrected chi connectivity index (χ4v) is 16.1. The Kier molecular flexibility index (Phi) is 34.7. The maximum atomic E-state index is 14.1. The minimum atomic E-state index is -4.55. The van der Waals surface area contributed by atoms with Gasteiger partial charge in [0, 0.05) is 115 Å². The number of aromatic nitrogens is 1. The molecule has 3 unspecified atom stereocenters. The van der Waals surface area contributed by atoms with E-state index in [9.17, 15) is 27.9 Å². The van der Waals surface area contributed by atoms with Crippen molar-refractivity contribution in [2.45, 2.75) is 106 Å². The van der Waals surface area contributed by atoms with Gasteiger partial charge >= 0.3 is 6.18 Å². The minimum Gasteiger partial charge on any atom is -0.508 e. The summed E-state index contributed by atoms with van der Waals surface area (Å²) in [6, 6.07) is 49.7. The smallest absolute Gasteiger partial charge is 0.416 e. The lowest BCUT2D eigenvalue weighted by Gasteiger charge is -2.34. The number of methoxy groups -OCH3 is 5. The number of phenols is 3. The summed E-state index contributed by atoms with van der Waals surface area (Å²) in [5, 5.41) is 34.1. The number of phenolic OH excluding ortho intramolecular Hbond substituents is 3. The summed E-state index contributed by atoms with van der Waals surface area (Å²) >= 11 is 9.98. The van der Waals surface area contributed by atoms with Gasteiger partial charge in [0.05, 0.1) is 79.6 Å². The van der Waals surface area contributed by atoms with E-state index in [1.807, 2.05) is 118 Å². The Morgan fingerprint density at radius 2 is 1.08 bits per heavy atom. The highest BCUT2D eigenvalue weighted by molar-refractivity contribution is 9.11. The maximum Gasteiger partial charge on any atom is 0.416 e. The van der Waals surface area contributed by atoms with E-state index in [0.29, 0.717) is 67.5 Å². The summed E-state index contributed by atoms with van der Waals surface area (Å²) in [6.45, 7) is 21.7. The number of fused-ring (bicyclic) bond motifs is 8. The van der Waals surface area contributed by atoms with Gasteiger partial charge in [-0.25, -0.2) is 4.98 Å². The van der Waals surface area contributed by atoms with E-state index in [2.05, 4.69) is 95.9 Å². The number of likely N-dealkylation sites (N-methyl/N-ethyl adjacent to an activating group) is 1. The number of ether oxygens (including phenoxy) is 10. The molecule has 4 N–H and O–H groups in total. The molecule has 0 bridgehead atoms. The maximum absolute atomic E-state index is 14.1. The number of carbonyl (C=O) groups is 2. The van der Waals surface area contributed by atoms with Gasteiger partial charge in [-0.15, -0.1) is 0 Å². The molecule has 0 radical (unpaired) electrons. The number of piperazine rings is 1. The molecule has 23 nitrogen and oxygen atoms in total. The Bertz CT molecular complexity index is 5880. The van der Waals surface area contributed by atoms with Crippen LogP contribution in [0.3, 0.4) is 0 Å². The molecule has 2 fully saturated rings. The molecule has 676 valence electrons. The molecule has 9 aromatic carbocycles. The summed E-state index contributed by atoms with van der Waals surface area (Å²) in [5.41, 5.74) is 10.4. The van der Waals surface area contributed by atoms with Gasteiger partial charge in [0.25, 0.3) is 0 Å². The van der Waals surface area contributed by atoms with E-state index >= 15 is 0 Å². The van der Waals surface area contributed by atoms with Crippen molar-refractivity contribution >= 4 is 109 Å². The molecule has 29 heteroatoms. The van der Waals surface area contributed by atoms with Crippen molar-refractivity contribution in [2.75, 3.05) is 93.4 Å². The van der Waals surface area contributed by atoms with Crippen LogP contribution in [0.2, 0.25) is 0 Å². The molecule has 1 aliphatic carbocycles. The second-order valence-electron chi connectivity index (χ2n) is 30.1. The zero-order valence-electron chi connectivity index (χ0n) is 73.3. The van der Waals surface area contributed by atoms with Crippen LogP contribution in [0.5, 0.6) is 69.0 Å². The molecule has 1 amide bonds. The van der Waals surface area contributed by atoms with E-state index in [4.69, 9.17) is 75.3 Å². The number of alkyl halides is 3. The lowest BCUT2D eigenvalue weighted by atomic mass is 9.96. The van der Waals surface area contributed by atoms with Crippen molar-refractivity contribution in [1.82, 2.24) is 14.8 Å². The number of ketones is 1. The second-order valence-corrected chi connectivity index (χ2v) is 32.7. The number of Topliss-reactive ketones (excluding diaryl/α,β-unsaturated/α-hetero) is 1. The van der Waals surface area contributed by atoms with Crippen molar-refractivity contribution < 1.29 is 103 Å². The van der Waals surface area contributed by atoms with Gasteiger partial charge in [0.15, 0.2) is 12.1 Å². The predicted octanol–water partition coefficient (Wildman–Crippen LogP) is 24.2. The molecule has 4 aliphatic rings. The van der Waals surface area contributed by atoms with E-state index in [1.54, 1.807) is 127 Å². The quantitative estimate of drug-likeness (QED) is 0.0408. The standard InChI is InChI=1S/C34H35F3N4O4.C13H19BrO4.C10H10O2.C10H10O.C9H7BrO2.C9H8O2.C7H7BrO2.C7H8O2/c1-3-40-10-12-41(13-11-40)18-21-5-4-20(15-26(21)34(35,36)37)27(42)17-25-30-24-16-22(14-19(2)31(24)45-32(25)30)44-28-8-9-38-33-23(28)6-7-29(43)39-33;1-4-16-13(17-5-2)9-18-12-7-6-10(15-3)8-11(12)14;1-7-5-9(11-2)6-8-3-4-12-10(7)8;1-7-5-8(2)10-9(6-7)3-4-11-10;1-11-7-4-6-2-3-12-9(6)8(10)5-7;1-6-4-8(10)5-7-2-3-11-9(6)7;1-10-5-2-3-7(9)6(8)4-5;1-9-7-4-2-6(8)3-5-7/h4-5,8-9,14-16,25,30,32H,3,6-7,10-13,17-18H2,1-2H3,(H,38,39,43);6-8,13H,4-5,9H2,1-3H3;3-6H,1-2H3;3-6H,1-2H3;2-5H,1H3;2-5,10H,1H3;2-4,9H,1H3;2-5,8H,1H3. The highest BCUT2D eigenvalue weighted by Crippen LogP contribution is 2.61. The SMILES string of the molecule is CCN1CCN(Cc2ccc(C(=O)CC3C4Oc5c(C)cc(Oc6ccnc7c6CCC(=O)N7)cc5C34)cc2C(F)(F)F)CC1.CCOC(COc1ccc(OC)cc1Br)OCC.COc1cc(Br)c2occc2c1.COc1cc(C)c2occc2c1.COc1ccc(O)c(Br)c1.COc1ccc(O)cc1.Cc1cc(C)c2occc2c1.Cc1cc(O)cc2ccoc12. The first-order chi connectivity index (χ1) is 61.5. The van der Waals surface area contributed by atoms with Crippen molar-refractivity contribution in [3.8, 4) is 69.0 Å². The zero-order chi connectivity index (χ0) is 91.9. The average Bonchev–Trinajstić information content (AvgIpc) is 1.54. The first-order valence-corrected chi connectivity index (χ1v) is 43.7. The molecular formula is C99H104Br3F3N4O19. The Hall–Kier alpha value is -11.7. The van der Waals surface area contributed by atoms with E-state index < -0.39 is 11.7 Å². The lowest BCUT2D eigenvalue weighted by Crippen LogP contribution is -2.45. The number of halogens is 6. The Morgan fingerprint density at radius 3 is 1.67 bits per heavy atom. The number of benzene rings is 9. The Morgan fingerprint density at radius 1 is 0.539 bits per heavy atom. The van der Waals surface area contributed by atoms with E-state index in [-0.39, 0.29) is 77.3 Å². The van der Waals surface area contributed by atoms with Gasteiger partial charge in [-0.3, -0.25) is 14.5 Å². The van der Waals surface area contributed by atoms with Gasteiger partial charge in [0.1, 0.15) is 110 Å². The summed E-state index contributed by atoms with van der Waals surface area (Å²) in [4.78, 5) is 33.7. The van der Waals surface area contributed by atoms with Crippen LogP contribution in [0.4, 0.5) is 19.0 Å². The summed E-state index contributed by atoms with van der Waals surface area (Å²) in [5.74, 6) is 7.43. The Labute approximate surface area is 766 Å². The van der Waals surface area contributed by atoms with Crippen molar-refractivity contribution in [2.24, 2.45) is 5.92 Å². The average molecular weight is 1950 g/mol. The van der Waals surface area contributed by atoms with Gasteiger partial charge in [-0.1, -0.05) is 30.7 Å². The van der Waals surface area contributed by atoms with Gasteiger partial charge in [-0.2, -0.15) is 13.2 Å². The third-order valence-electron chi connectivity index (χ3n) is 21.3. The number of rotatable bonds is 20. The number of anilines is 1. The number of amides is 1. The topological polar surface area (TPSA) is 271 Å². The monoisotopic (exact) mass is 1950 g/mol. The van der Waals surface area contributed by atoms with Gasteiger partial charge < -0.3 is 90.6 Å². The van der Waals surface area contributed by atoms with Crippen LogP contribution in [0, 0.1) is 40.5 Å². The van der Waals surface area contributed by atoms with Crippen molar-refractivity contribution in [1.29, 1.82) is 0 Å². The molecule has 3 atom stereocenters. The molecule has 3 aliphatic heterocycles. The van der Waals surface area contributed by atoms with Gasteiger partial charge in [0.2, 0.25) is 5.91 Å². The minimum absolute atomic E-state index is 0.0278. The number of nitrogens with one attached hydrogen (secondary N) is 1. The van der Waals surface area contributed by atoms with Crippen LogP contribution < -0.4 is 43.2 Å². The molecule has 1 saturated heterocycles. The number of aromatic hydroxyl groups is 3. The third-order valence-corrected chi connectivity index (χ3v) is 23.1.